The Kier molecular flexibility index (Phi) is 6.54. The van der Waals surface area contributed by atoms with Gasteiger partial charge in [-0.25, -0.2) is 13.5 Å². The largest absolute Gasteiger partial charge is 0.333 e. The number of rotatable bonds is 5. The van der Waals surface area contributed by atoms with Crippen LogP contribution in [0, 0.1) is 11.6 Å². The first-order valence-electron chi connectivity index (χ1n) is 12.3. The number of fused-ring (bicyclic) bond motifs is 1. The molecule has 0 unspecified atom stereocenters. The van der Waals surface area contributed by atoms with Gasteiger partial charge in [0, 0.05) is 24.7 Å². The van der Waals surface area contributed by atoms with Crippen LogP contribution in [0.2, 0.25) is 0 Å². The monoisotopic (exact) mass is 516 g/mol. The lowest BCUT2D eigenvalue weighted by Crippen LogP contribution is -2.42. The number of likely N-dealkylation sites (tertiary alicyclic amines) is 2. The van der Waals surface area contributed by atoms with E-state index < -0.39 is 23.1 Å². The lowest BCUT2D eigenvalue weighted by molar-refractivity contribution is 0.0703. The highest BCUT2D eigenvalue weighted by Gasteiger charge is 2.35. The highest BCUT2D eigenvalue weighted by atomic mass is 32.1. The molecule has 36 heavy (non-hydrogen) atoms. The van der Waals surface area contributed by atoms with Gasteiger partial charge in [-0.15, -0.1) is 0 Å². The minimum Gasteiger partial charge on any atom is -0.333 e. The van der Waals surface area contributed by atoms with E-state index in [2.05, 4.69) is 20.3 Å². The van der Waals surface area contributed by atoms with Gasteiger partial charge in [0.15, 0.2) is 28.1 Å². The molecule has 2 aliphatic rings. The van der Waals surface area contributed by atoms with E-state index in [-0.39, 0.29) is 22.6 Å². The van der Waals surface area contributed by atoms with E-state index in [4.69, 9.17) is 0 Å². The molecule has 0 bridgehead atoms. The van der Waals surface area contributed by atoms with Gasteiger partial charge in [-0.2, -0.15) is 10.1 Å². The number of hydrogen-bond acceptors (Lipinski definition) is 6. The summed E-state index contributed by atoms with van der Waals surface area (Å²) in [5, 5.41) is 7.61. The standard InChI is InChI=1S/C25H30F2N6O2S/c1-25(2,3)33-21-20(36-24(28-21)29-22(34)15-8-9-17(26)18(27)13-15)19(30-33)23(35)32-12-6-7-16(32)14-31-10-4-5-11-31/h8-9,13,16H,4-7,10-12,14H2,1-3H3,(H,28,29,34)/t16-/m0/s1. The van der Waals surface area contributed by atoms with Crippen LogP contribution in [0.25, 0.3) is 10.3 Å². The summed E-state index contributed by atoms with van der Waals surface area (Å²) < 4.78 is 29.2. The van der Waals surface area contributed by atoms with Crippen LogP contribution in [-0.4, -0.2) is 68.6 Å². The number of halogens is 2. The van der Waals surface area contributed by atoms with Crippen molar-refractivity contribution in [3.05, 3.63) is 41.1 Å². The molecule has 3 aromatic rings. The summed E-state index contributed by atoms with van der Waals surface area (Å²) in [7, 11) is 0. The SMILES string of the molecule is CC(C)(C)n1nc(C(=O)N2CCC[C@H]2CN2CCCC2)c2sc(NC(=O)c3ccc(F)c(F)c3)nc21. The molecule has 11 heteroatoms. The van der Waals surface area contributed by atoms with E-state index >= 15 is 0 Å². The fourth-order valence-corrected chi connectivity index (χ4v) is 5.88. The molecule has 0 spiro atoms. The molecule has 8 nitrogen and oxygen atoms in total. The Morgan fingerprint density at radius 3 is 2.56 bits per heavy atom. The Morgan fingerprint density at radius 1 is 1.11 bits per heavy atom. The molecule has 1 N–H and O–H groups in total. The lowest BCUT2D eigenvalue weighted by atomic mass is 10.1. The number of anilines is 1. The third kappa shape index (κ3) is 4.73. The number of carbonyl (C=O) groups is 2. The third-order valence-corrected chi connectivity index (χ3v) is 7.74. The number of nitrogens with one attached hydrogen (secondary N) is 1. The summed E-state index contributed by atoms with van der Waals surface area (Å²) in [4.78, 5) is 35.3. The number of amides is 2. The first kappa shape index (κ1) is 24.8. The van der Waals surface area contributed by atoms with E-state index in [9.17, 15) is 18.4 Å². The summed E-state index contributed by atoms with van der Waals surface area (Å²) in [6.07, 6.45) is 4.35. The van der Waals surface area contributed by atoms with Crippen molar-refractivity contribution < 1.29 is 18.4 Å². The first-order chi connectivity index (χ1) is 17.1. The van der Waals surface area contributed by atoms with Gasteiger partial charge >= 0.3 is 0 Å². The molecule has 0 radical (unpaired) electrons. The van der Waals surface area contributed by atoms with E-state index in [1.165, 1.54) is 18.9 Å². The molecule has 2 aromatic heterocycles. The molecule has 2 aliphatic heterocycles. The van der Waals surface area contributed by atoms with Crippen molar-refractivity contribution in [3.8, 4) is 0 Å². The van der Waals surface area contributed by atoms with Gasteiger partial charge in [0.05, 0.1) is 5.54 Å². The zero-order chi connectivity index (χ0) is 25.6. The molecule has 4 heterocycles. The van der Waals surface area contributed by atoms with Crippen LogP contribution >= 0.6 is 11.3 Å². The smallest absolute Gasteiger partial charge is 0.276 e. The van der Waals surface area contributed by atoms with Crippen molar-refractivity contribution >= 4 is 38.6 Å². The number of hydrogen-bond donors (Lipinski definition) is 1. The van der Waals surface area contributed by atoms with E-state index in [0.717, 1.165) is 55.9 Å². The Balaban J connectivity index is 1.44. The molecule has 2 fully saturated rings. The van der Waals surface area contributed by atoms with Gasteiger partial charge in [0.25, 0.3) is 11.8 Å². The van der Waals surface area contributed by atoms with E-state index in [1.54, 1.807) is 4.68 Å². The van der Waals surface area contributed by atoms with Crippen molar-refractivity contribution in [1.29, 1.82) is 0 Å². The topological polar surface area (TPSA) is 83.4 Å². The Hall–Kier alpha value is -2.92. The number of carbonyl (C=O) groups excluding carboxylic acids is 2. The quantitative estimate of drug-likeness (QED) is 0.541. The molecular formula is C25H30F2N6O2S. The molecule has 0 saturated carbocycles. The van der Waals surface area contributed by atoms with Crippen molar-refractivity contribution in [3.63, 3.8) is 0 Å². The molecule has 1 atom stereocenters. The zero-order valence-corrected chi connectivity index (χ0v) is 21.5. The molecule has 2 amide bonds. The molecule has 5 rings (SSSR count). The fraction of sp³-hybridized carbons (Fsp3) is 0.520. The van der Waals surface area contributed by atoms with Gasteiger partial charge in [-0.05, 0) is 77.7 Å². The molecule has 1 aromatic carbocycles. The summed E-state index contributed by atoms with van der Waals surface area (Å²) >= 11 is 1.16. The van der Waals surface area contributed by atoms with Gasteiger partial charge in [0.2, 0.25) is 0 Å². The highest BCUT2D eigenvalue weighted by molar-refractivity contribution is 7.22. The third-order valence-electron chi connectivity index (χ3n) is 6.77. The zero-order valence-electron chi connectivity index (χ0n) is 20.7. The fourth-order valence-electron chi connectivity index (χ4n) is 4.96. The van der Waals surface area contributed by atoms with Crippen LogP contribution in [0.4, 0.5) is 13.9 Å². The second-order valence-corrected chi connectivity index (χ2v) is 11.5. The Bertz CT molecular complexity index is 1310. The maximum atomic E-state index is 13.8. The van der Waals surface area contributed by atoms with E-state index in [1.807, 2.05) is 25.7 Å². The first-order valence-corrected chi connectivity index (χ1v) is 13.1. The predicted molar refractivity (Wildman–Crippen MR) is 134 cm³/mol. The number of thiazole rings is 1. The van der Waals surface area contributed by atoms with Crippen molar-refractivity contribution in [2.45, 2.75) is 58.0 Å². The minimum atomic E-state index is -1.10. The van der Waals surface area contributed by atoms with Gasteiger partial charge in [-0.3, -0.25) is 14.9 Å². The summed E-state index contributed by atoms with van der Waals surface area (Å²) in [6.45, 7) is 9.65. The molecular weight excluding hydrogens is 486 g/mol. The lowest BCUT2D eigenvalue weighted by Gasteiger charge is -2.28. The minimum absolute atomic E-state index is 0.0243. The van der Waals surface area contributed by atoms with E-state index in [0.29, 0.717) is 22.6 Å². The normalized spacial score (nSPS) is 18.9. The van der Waals surface area contributed by atoms with Crippen molar-refractivity contribution in [2.24, 2.45) is 0 Å². The van der Waals surface area contributed by atoms with Crippen LogP contribution in [0.3, 0.4) is 0 Å². The molecule has 0 aliphatic carbocycles. The second-order valence-electron chi connectivity index (χ2n) is 10.5. The Labute approximate surface area is 212 Å². The maximum Gasteiger partial charge on any atom is 0.276 e. The molecule has 2 saturated heterocycles. The van der Waals surface area contributed by atoms with Gasteiger partial charge in [0.1, 0.15) is 4.70 Å². The van der Waals surface area contributed by atoms with Crippen LogP contribution in [0.5, 0.6) is 0 Å². The number of aromatic nitrogens is 3. The van der Waals surface area contributed by atoms with Gasteiger partial charge in [-0.1, -0.05) is 11.3 Å². The van der Waals surface area contributed by atoms with Crippen LogP contribution in [0.15, 0.2) is 18.2 Å². The predicted octanol–water partition coefficient (Wildman–Crippen LogP) is 4.48. The van der Waals surface area contributed by atoms with Crippen LogP contribution in [0.1, 0.15) is 67.3 Å². The maximum absolute atomic E-state index is 13.8. The van der Waals surface area contributed by atoms with Crippen LogP contribution < -0.4 is 5.32 Å². The average Bonchev–Trinajstić information content (AvgIpc) is 3.59. The van der Waals surface area contributed by atoms with Crippen LogP contribution in [-0.2, 0) is 5.54 Å². The Morgan fingerprint density at radius 2 is 1.86 bits per heavy atom. The van der Waals surface area contributed by atoms with Gasteiger partial charge < -0.3 is 9.80 Å². The van der Waals surface area contributed by atoms with Crippen molar-refractivity contribution in [1.82, 2.24) is 24.6 Å². The number of benzene rings is 1. The second kappa shape index (κ2) is 9.51. The average molecular weight is 517 g/mol. The highest BCUT2D eigenvalue weighted by Crippen LogP contribution is 2.34. The summed E-state index contributed by atoms with van der Waals surface area (Å²) in [5.74, 6) is -2.85. The number of nitrogens with zero attached hydrogens (tertiary/aromatic N) is 5. The summed E-state index contributed by atoms with van der Waals surface area (Å²) in [5.41, 5.74) is 0.362. The summed E-state index contributed by atoms with van der Waals surface area (Å²) in [6, 6.07) is 3.12. The van der Waals surface area contributed by atoms with Crippen molar-refractivity contribution in [2.75, 3.05) is 31.5 Å². The molecule has 192 valence electrons.